The van der Waals surface area contributed by atoms with Gasteiger partial charge in [-0.3, -0.25) is 4.79 Å². The van der Waals surface area contributed by atoms with Crippen LogP contribution in [0.5, 0.6) is 23.0 Å². The number of carbonyl (C=O) groups is 2. The Morgan fingerprint density at radius 3 is 2.38 bits per heavy atom. The van der Waals surface area contributed by atoms with E-state index in [4.69, 9.17) is 18.9 Å². The van der Waals surface area contributed by atoms with E-state index in [0.29, 0.717) is 53.0 Å². The fourth-order valence-corrected chi connectivity index (χ4v) is 3.45. The second-order valence-corrected chi connectivity index (χ2v) is 7.73. The van der Waals surface area contributed by atoms with E-state index in [1.165, 1.54) is 6.08 Å². The van der Waals surface area contributed by atoms with E-state index in [-0.39, 0.29) is 5.91 Å². The van der Waals surface area contributed by atoms with E-state index in [2.05, 4.69) is 0 Å². The van der Waals surface area contributed by atoms with Gasteiger partial charge in [-0.1, -0.05) is 17.7 Å². The Hall–Kier alpha value is -4.26. The highest BCUT2D eigenvalue weighted by atomic mass is 16.6. The van der Waals surface area contributed by atoms with Crippen LogP contribution in [0.3, 0.4) is 0 Å². The fraction of sp³-hybridized carbons (Fsp3) is 0.185. The Labute approximate surface area is 198 Å². The first-order valence-corrected chi connectivity index (χ1v) is 10.8. The molecule has 0 saturated carbocycles. The molecule has 0 atom stereocenters. The smallest absolute Gasteiger partial charge is 0.336 e. The van der Waals surface area contributed by atoms with Crippen LogP contribution >= 0.6 is 0 Å². The number of hydrogen-bond acceptors (Lipinski definition) is 6. The molecule has 0 N–H and O–H groups in total. The van der Waals surface area contributed by atoms with E-state index in [0.717, 1.165) is 5.56 Å². The molecule has 4 rings (SSSR count). The topological polar surface area (TPSA) is 74.3 Å². The molecule has 34 heavy (non-hydrogen) atoms. The summed E-state index contributed by atoms with van der Waals surface area (Å²) in [5, 5.41) is 0. The number of nitrogens with zero attached hydrogens (tertiary/aromatic N) is 1. The first-order valence-electron chi connectivity index (χ1n) is 10.8. The molecule has 0 aromatic heterocycles. The number of fused-ring (bicyclic) bond motifs is 1. The molecule has 0 saturated heterocycles. The Morgan fingerprint density at radius 2 is 1.68 bits per heavy atom. The first kappa shape index (κ1) is 22.9. The molecule has 0 radical (unpaired) electrons. The molecule has 3 aromatic rings. The number of amides is 1. The van der Waals surface area contributed by atoms with Crippen molar-refractivity contribution < 1.29 is 28.5 Å². The third kappa shape index (κ3) is 5.20. The quantitative estimate of drug-likeness (QED) is 0.303. The molecule has 1 aliphatic heterocycles. The van der Waals surface area contributed by atoms with E-state index < -0.39 is 5.97 Å². The number of aryl methyl sites for hydroxylation is 1. The molecule has 7 nitrogen and oxygen atoms in total. The second kappa shape index (κ2) is 10.1. The minimum atomic E-state index is -0.536. The van der Waals surface area contributed by atoms with Crippen LogP contribution in [-0.4, -0.2) is 39.2 Å². The van der Waals surface area contributed by atoms with E-state index in [9.17, 15) is 9.59 Å². The largest absolute Gasteiger partial charge is 0.493 e. The van der Waals surface area contributed by atoms with Gasteiger partial charge in [0.2, 0.25) is 5.75 Å². The van der Waals surface area contributed by atoms with Crippen molar-refractivity contribution in [2.24, 2.45) is 0 Å². The summed E-state index contributed by atoms with van der Waals surface area (Å²) in [6.45, 7) is 2.88. The maximum Gasteiger partial charge on any atom is 0.336 e. The lowest BCUT2D eigenvalue weighted by Gasteiger charge is -2.20. The van der Waals surface area contributed by atoms with Crippen molar-refractivity contribution in [2.75, 3.05) is 32.3 Å². The number of methoxy groups -OCH3 is 1. The molecule has 0 bridgehead atoms. The van der Waals surface area contributed by atoms with Crippen molar-refractivity contribution in [3.63, 3.8) is 0 Å². The number of rotatable bonds is 6. The summed E-state index contributed by atoms with van der Waals surface area (Å²) in [7, 11) is 3.25. The molecule has 1 aliphatic rings. The van der Waals surface area contributed by atoms with Gasteiger partial charge >= 0.3 is 5.97 Å². The molecule has 0 aliphatic carbocycles. The lowest BCUT2D eigenvalue weighted by Crippen LogP contribution is -2.26. The Kier molecular flexibility index (Phi) is 6.82. The predicted octanol–water partition coefficient (Wildman–Crippen LogP) is 4.67. The number of anilines is 1. The monoisotopic (exact) mass is 459 g/mol. The Morgan fingerprint density at radius 1 is 0.971 bits per heavy atom. The van der Waals surface area contributed by atoms with Crippen molar-refractivity contribution >= 4 is 23.6 Å². The zero-order valence-electron chi connectivity index (χ0n) is 19.2. The maximum atomic E-state index is 12.7. The van der Waals surface area contributed by atoms with Gasteiger partial charge in [-0.05, 0) is 67.1 Å². The molecule has 0 unspecified atom stereocenters. The Balaban J connectivity index is 1.39. The van der Waals surface area contributed by atoms with Crippen LogP contribution in [0.25, 0.3) is 6.08 Å². The number of benzene rings is 3. The first-order chi connectivity index (χ1) is 16.4. The maximum absolute atomic E-state index is 12.7. The summed E-state index contributed by atoms with van der Waals surface area (Å²) in [4.78, 5) is 26.5. The van der Waals surface area contributed by atoms with Gasteiger partial charge in [0.25, 0.3) is 5.91 Å². The minimum absolute atomic E-state index is 0.123. The molecule has 1 heterocycles. The van der Waals surface area contributed by atoms with Crippen molar-refractivity contribution in [1.29, 1.82) is 0 Å². The highest BCUT2D eigenvalue weighted by molar-refractivity contribution is 6.05. The molecular weight excluding hydrogens is 434 g/mol. The van der Waals surface area contributed by atoms with Crippen LogP contribution in [0, 0.1) is 6.92 Å². The number of ether oxygens (including phenoxy) is 4. The zero-order chi connectivity index (χ0) is 24.1. The van der Waals surface area contributed by atoms with Crippen LogP contribution < -0.4 is 23.8 Å². The van der Waals surface area contributed by atoms with E-state index in [1.54, 1.807) is 73.7 Å². The van der Waals surface area contributed by atoms with Gasteiger partial charge in [0.15, 0.2) is 11.5 Å². The van der Waals surface area contributed by atoms with Gasteiger partial charge in [0.05, 0.1) is 7.11 Å². The SMILES string of the molecule is COc1cc(/C=C/C(=O)Oc2ccc(N(C)C(=O)c3ccc(C)cc3)cc2)cc2c1OCCO2. The third-order valence-electron chi connectivity index (χ3n) is 5.31. The van der Waals surface area contributed by atoms with Gasteiger partial charge in [-0.25, -0.2) is 4.79 Å². The molecule has 3 aromatic carbocycles. The third-order valence-corrected chi connectivity index (χ3v) is 5.31. The molecule has 7 heteroatoms. The molecule has 1 amide bonds. The minimum Gasteiger partial charge on any atom is -0.493 e. The van der Waals surface area contributed by atoms with Crippen LogP contribution in [-0.2, 0) is 4.79 Å². The summed E-state index contributed by atoms with van der Waals surface area (Å²) >= 11 is 0. The van der Waals surface area contributed by atoms with E-state index >= 15 is 0 Å². The van der Waals surface area contributed by atoms with Crippen molar-refractivity contribution in [3.05, 3.63) is 83.4 Å². The molecular formula is C27H25NO6. The van der Waals surface area contributed by atoms with E-state index in [1.807, 2.05) is 19.1 Å². The average molecular weight is 459 g/mol. The summed E-state index contributed by atoms with van der Waals surface area (Å²) in [5.74, 6) is 1.37. The number of hydrogen-bond donors (Lipinski definition) is 0. The lowest BCUT2D eigenvalue weighted by molar-refractivity contribution is -0.128. The highest BCUT2D eigenvalue weighted by Gasteiger charge is 2.18. The van der Waals surface area contributed by atoms with Gasteiger partial charge in [0.1, 0.15) is 19.0 Å². The van der Waals surface area contributed by atoms with Crippen molar-refractivity contribution in [1.82, 2.24) is 0 Å². The average Bonchev–Trinajstić information content (AvgIpc) is 2.87. The normalized spacial score (nSPS) is 12.3. The predicted molar refractivity (Wildman–Crippen MR) is 129 cm³/mol. The second-order valence-electron chi connectivity index (χ2n) is 7.73. The summed E-state index contributed by atoms with van der Waals surface area (Å²) in [6.07, 6.45) is 2.94. The van der Waals surface area contributed by atoms with Crippen LogP contribution in [0.4, 0.5) is 5.69 Å². The summed E-state index contributed by atoms with van der Waals surface area (Å²) < 4.78 is 21.9. The number of carbonyl (C=O) groups excluding carboxylic acids is 2. The van der Waals surface area contributed by atoms with Gasteiger partial charge < -0.3 is 23.8 Å². The highest BCUT2D eigenvalue weighted by Crippen LogP contribution is 2.40. The summed E-state index contributed by atoms with van der Waals surface area (Å²) in [5.41, 5.74) is 3.09. The molecule has 0 fully saturated rings. The van der Waals surface area contributed by atoms with Gasteiger partial charge in [0, 0.05) is 24.4 Å². The lowest BCUT2D eigenvalue weighted by atomic mass is 10.1. The fourth-order valence-electron chi connectivity index (χ4n) is 3.45. The van der Waals surface area contributed by atoms with Gasteiger partial charge in [-0.2, -0.15) is 0 Å². The summed E-state index contributed by atoms with van der Waals surface area (Å²) in [6, 6.07) is 17.7. The van der Waals surface area contributed by atoms with Crippen LogP contribution in [0.15, 0.2) is 66.7 Å². The van der Waals surface area contributed by atoms with Gasteiger partial charge in [-0.15, -0.1) is 0 Å². The Bertz CT molecular complexity index is 1200. The van der Waals surface area contributed by atoms with Crippen molar-refractivity contribution in [2.45, 2.75) is 6.92 Å². The number of esters is 1. The molecule has 0 spiro atoms. The van der Waals surface area contributed by atoms with Crippen LogP contribution in [0.2, 0.25) is 0 Å². The zero-order valence-corrected chi connectivity index (χ0v) is 19.2. The van der Waals surface area contributed by atoms with Crippen LogP contribution in [0.1, 0.15) is 21.5 Å². The standard InChI is InChI=1S/C27H25NO6/c1-18-4-7-20(8-5-18)27(30)28(2)21-9-11-22(12-10-21)34-25(29)13-6-19-16-23(31-3)26-24(17-19)32-14-15-33-26/h4-13,16-17H,14-15H2,1-3H3/b13-6+. The van der Waals surface area contributed by atoms with Crippen molar-refractivity contribution in [3.8, 4) is 23.0 Å². The molecule has 174 valence electrons.